The highest BCUT2D eigenvalue weighted by molar-refractivity contribution is 7.99. The summed E-state index contributed by atoms with van der Waals surface area (Å²) in [6.07, 6.45) is 1.26. The number of carboxylic acid groups (broad SMARTS) is 1. The molecular weight excluding hydrogens is 250 g/mol. The lowest BCUT2D eigenvalue weighted by molar-refractivity contribution is -0.138. The molecular formula is C13H17NO3S. The lowest BCUT2D eigenvalue weighted by Gasteiger charge is -2.10. The van der Waals surface area contributed by atoms with Gasteiger partial charge in [-0.2, -0.15) is 0 Å². The molecule has 0 aromatic heterocycles. The lowest BCUT2D eigenvalue weighted by Crippen LogP contribution is -2.32. The first-order valence-electron chi connectivity index (χ1n) is 5.94. The van der Waals surface area contributed by atoms with Gasteiger partial charge in [0.25, 0.3) is 0 Å². The summed E-state index contributed by atoms with van der Waals surface area (Å²) < 4.78 is 5.55. The zero-order valence-corrected chi connectivity index (χ0v) is 10.9. The maximum Gasteiger partial charge on any atom is 0.320 e. The Morgan fingerprint density at radius 1 is 1.44 bits per heavy atom. The van der Waals surface area contributed by atoms with Crippen LogP contribution in [0.15, 0.2) is 24.3 Å². The van der Waals surface area contributed by atoms with Crippen molar-refractivity contribution in [1.82, 2.24) is 0 Å². The van der Waals surface area contributed by atoms with E-state index in [0.717, 1.165) is 24.3 Å². The molecule has 0 spiro atoms. The topological polar surface area (TPSA) is 72.5 Å². The number of carbonyl (C=O) groups is 1. The molecule has 2 atom stereocenters. The normalized spacial score (nSPS) is 20.8. The molecule has 5 heteroatoms. The fraction of sp³-hybridized carbons (Fsp3) is 0.462. The molecule has 1 saturated heterocycles. The van der Waals surface area contributed by atoms with Gasteiger partial charge in [0.1, 0.15) is 11.5 Å². The van der Waals surface area contributed by atoms with Gasteiger partial charge in [0.05, 0.1) is 6.61 Å². The smallest absolute Gasteiger partial charge is 0.320 e. The van der Waals surface area contributed by atoms with E-state index < -0.39 is 12.0 Å². The Hall–Kier alpha value is -1.04. The lowest BCUT2D eigenvalue weighted by atomic mass is 10.0. The van der Waals surface area contributed by atoms with Crippen molar-refractivity contribution in [2.75, 3.05) is 12.4 Å². The van der Waals surface area contributed by atoms with Crippen molar-refractivity contribution in [1.29, 1.82) is 0 Å². The molecule has 3 N–H and O–H groups in total. The van der Waals surface area contributed by atoms with Crippen LogP contribution in [-0.2, 0) is 22.4 Å². The zero-order valence-electron chi connectivity index (χ0n) is 10.0. The van der Waals surface area contributed by atoms with E-state index in [1.54, 1.807) is 0 Å². The van der Waals surface area contributed by atoms with E-state index in [1.165, 1.54) is 5.56 Å². The van der Waals surface area contributed by atoms with Gasteiger partial charge in [-0.25, -0.2) is 0 Å². The standard InChI is InChI=1S/C13H17NO3S/c14-11(13(15)16)7-9-1-3-10(4-2-9)8-12-17-5-6-18-12/h1-4,11-12H,5-8,14H2,(H,15,16). The quantitative estimate of drug-likeness (QED) is 0.840. The van der Waals surface area contributed by atoms with Gasteiger partial charge in [-0.1, -0.05) is 24.3 Å². The third-order valence-electron chi connectivity index (χ3n) is 2.89. The van der Waals surface area contributed by atoms with Crippen LogP contribution >= 0.6 is 11.8 Å². The Balaban J connectivity index is 1.90. The third kappa shape index (κ3) is 3.73. The van der Waals surface area contributed by atoms with Crippen molar-refractivity contribution in [3.05, 3.63) is 35.4 Å². The van der Waals surface area contributed by atoms with E-state index in [1.807, 2.05) is 36.0 Å². The van der Waals surface area contributed by atoms with Crippen LogP contribution in [0.1, 0.15) is 11.1 Å². The van der Waals surface area contributed by atoms with Gasteiger partial charge in [-0.15, -0.1) is 11.8 Å². The maximum absolute atomic E-state index is 10.7. The first kappa shape index (κ1) is 13.4. The first-order chi connectivity index (χ1) is 8.65. The summed E-state index contributed by atoms with van der Waals surface area (Å²) in [6.45, 7) is 0.834. The highest BCUT2D eigenvalue weighted by atomic mass is 32.2. The number of ether oxygens (including phenoxy) is 1. The molecule has 1 heterocycles. The van der Waals surface area contributed by atoms with Crippen LogP contribution in [0.3, 0.4) is 0 Å². The number of nitrogens with two attached hydrogens (primary N) is 1. The van der Waals surface area contributed by atoms with Gasteiger partial charge in [0.2, 0.25) is 0 Å². The Morgan fingerprint density at radius 3 is 2.67 bits per heavy atom. The van der Waals surface area contributed by atoms with Crippen LogP contribution in [-0.4, -0.2) is 34.9 Å². The first-order valence-corrected chi connectivity index (χ1v) is 6.99. The van der Waals surface area contributed by atoms with Crippen molar-refractivity contribution in [2.24, 2.45) is 5.73 Å². The van der Waals surface area contributed by atoms with Gasteiger partial charge in [-0.05, 0) is 17.5 Å². The molecule has 0 amide bonds. The van der Waals surface area contributed by atoms with Crippen LogP contribution < -0.4 is 5.73 Å². The Kier molecular flexibility index (Phi) is 4.63. The largest absolute Gasteiger partial charge is 0.480 e. The van der Waals surface area contributed by atoms with E-state index >= 15 is 0 Å². The molecule has 2 unspecified atom stereocenters. The summed E-state index contributed by atoms with van der Waals surface area (Å²) in [6, 6.07) is 7.10. The number of aliphatic carboxylic acids is 1. The van der Waals surface area contributed by atoms with Gasteiger partial charge >= 0.3 is 5.97 Å². The molecule has 98 valence electrons. The fourth-order valence-corrected chi connectivity index (χ4v) is 2.83. The molecule has 18 heavy (non-hydrogen) atoms. The van der Waals surface area contributed by atoms with Crippen LogP contribution in [0.25, 0.3) is 0 Å². The molecule has 1 aliphatic rings. The number of hydrogen-bond donors (Lipinski definition) is 2. The van der Waals surface area contributed by atoms with Crippen LogP contribution in [0.5, 0.6) is 0 Å². The molecule has 1 aliphatic heterocycles. The Labute approximate surface area is 111 Å². The van der Waals surface area contributed by atoms with Crippen LogP contribution in [0.2, 0.25) is 0 Å². The van der Waals surface area contributed by atoms with Gasteiger partial charge in [0.15, 0.2) is 0 Å². The Bertz CT molecular complexity index is 401. The summed E-state index contributed by atoms with van der Waals surface area (Å²) in [5.74, 6) is 0.103. The predicted molar refractivity (Wildman–Crippen MR) is 71.7 cm³/mol. The SMILES string of the molecule is NC(Cc1ccc(CC2OCCS2)cc1)C(=O)O. The summed E-state index contributed by atoms with van der Waals surface area (Å²) in [4.78, 5) is 10.7. The Morgan fingerprint density at radius 2 is 2.11 bits per heavy atom. The minimum Gasteiger partial charge on any atom is -0.480 e. The average Bonchev–Trinajstić information content (AvgIpc) is 2.84. The number of benzene rings is 1. The van der Waals surface area contributed by atoms with Gasteiger partial charge in [0, 0.05) is 12.2 Å². The number of hydrogen-bond acceptors (Lipinski definition) is 4. The van der Waals surface area contributed by atoms with Gasteiger partial charge < -0.3 is 15.6 Å². The second-order valence-electron chi connectivity index (χ2n) is 4.34. The van der Waals surface area contributed by atoms with Crippen molar-refractivity contribution in [3.8, 4) is 0 Å². The molecule has 0 radical (unpaired) electrons. The molecule has 1 aromatic carbocycles. The summed E-state index contributed by atoms with van der Waals surface area (Å²) >= 11 is 1.84. The van der Waals surface area contributed by atoms with Crippen molar-refractivity contribution in [3.63, 3.8) is 0 Å². The van der Waals surface area contributed by atoms with E-state index in [-0.39, 0.29) is 5.44 Å². The number of carboxylic acids is 1. The summed E-state index contributed by atoms with van der Waals surface area (Å²) in [5, 5.41) is 8.74. The number of rotatable bonds is 5. The zero-order chi connectivity index (χ0) is 13.0. The minimum atomic E-state index is -0.963. The second kappa shape index (κ2) is 6.22. The maximum atomic E-state index is 10.7. The molecule has 4 nitrogen and oxygen atoms in total. The highest BCUT2D eigenvalue weighted by Gasteiger charge is 2.16. The third-order valence-corrected chi connectivity index (χ3v) is 3.97. The second-order valence-corrected chi connectivity index (χ2v) is 5.61. The van der Waals surface area contributed by atoms with Crippen molar-refractivity contribution in [2.45, 2.75) is 24.3 Å². The van der Waals surface area contributed by atoms with Crippen molar-refractivity contribution >= 4 is 17.7 Å². The summed E-state index contributed by atoms with van der Waals surface area (Å²) in [5.41, 5.74) is 7.92. The highest BCUT2D eigenvalue weighted by Crippen LogP contribution is 2.23. The molecule has 2 rings (SSSR count). The van der Waals surface area contributed by atoms with E-state index in [0.29, 0.717) is 6.42 Å². The van der Waals surface area contributed by atoms with Crippen LogP contribution in [0, 0.1) is 0 Å². The minimum absolute atomic E-state index is 0.261. The fourth-order valence-electron chi connectivity index (χ4n) is 1.87. The monoisotopic (exact) mass is 267 g/mol. The molecule has 1 fully saturated rings. The van der Waals surface area contributed by atoms with E-state index in [4.69, 9.17) is 15.6 Å². The number of thioether (sulfide) groups is 1. The molecule has 0 bridgehead atoms. The van der Waals surface area contributed by atoms with E-state index in [9.17, 15) is 4.79 Å². The molecule has 1 aromatic rings. The predicted octanol–water partition coefficient (Wildman–Crippen LogP) is 1.27. The van der Waals surface area contributed by atoms with E-state index in [2.05, 4.69) is 0 Å². The van der Waals surface area contributed by atoms with Gasteiger partial charge in [-0.3, -0.25) is 4.79 Å². The van der Waals surface area contributed by atoms with Crippen molar-refractivity contribution < 1.29 is 14.6 Å². The molecule has 0 saturated carbocycles. The summed E-state index contributed by atoms with van der Waals surface area (Å²) in [7, 11) is 0. The average molecular weight is 267 g/mol. The van der Waals surface area contributed by atoms with Crippen LogP contribution in [0.4, 0.5) is 0 Å². The molecule has 0 aliphatic carbocycles.